The van der Waals surface area contributed by atoms with Gasteiger partial charge < -0.3 is 0 Å². The normalized spacial score (nSPS) is 20.0. The highest BCUT2D eigenvalue weighted by Crippen LogP contribution is 2.33. The number of hydrogen-bond acceptors (Lipinski definition) is 2. The highest BCUT2D eigenvalue weighted by atomic mass is 16.6. The lowest BCUT2D eigenvalue weighted by Gasteiger charge is -2.24. The fourth-order valence-corrected chi connectivity index (χ4v) is 2.80. The Balaban J connectivity index is 2.31. The largest absolute Gasteiger partial charge is 0.272 e. The summed E-state index contributed by atoms with van der Waals surface area (Å²) in [6, 6.07) is 7.08. The van der Waals surface area contributed by atoms with Crippen molar-refractivity contribution in [2.24, 2.45) is 5.92 Å². The molecule has 96 valence electrons. The molecule has 0 N–H and O–H groups in total. The molecule has 1 aromatic carbocycles. The van der Waals surface area contributed by atoms with Crippen LogP contribution >= 0.6 is 0 Å². The number of nitrogens with zero attached hydrogens (tertiary/aromatic N) is 1. The summed E-state index contributed by atoms with van der Waals surface area (Å²) >= 11 is 0. The SMILES string of the molecule is CC1=C(Cc2ccccc2[N+](=O)[O-])C(C)CCC1. The molecule has 3 nitrogen and oxygen atoms in total. The van der Waals surface area contributed by atoms with Gasteiger partial charge in [-0.15, -0.1) is 0 Å². The van der Waals surface area contributed by atoms with Gasteiger partial charge in [0, 0.05) is 18.1 Å². The molecular weight excluding hydrogens is 226 g/mol. The second-order valence-corrected chi connectivity index (χ2v) is 5.16. The molecular formula is C15H19NO2. The minimum absolute atomic E-state index is 0.246. The lowest BCUT2D eigenvalue weighted by Crippen LogP contribution is -2.11. The molecule has 0 heterocycles. The average molecular weight is 245 g/mol. The van der Waals surface area contributed by atoms with Crippen molar-refractivity contribution in [1.82, 2.24) is 0 Å². The Bertz CT molecular complexity index is 491. The Labute approximate surface area is 108 Å². The van der Waals surface area contributed by atoms with Gasteiger partial charge in [-0.05, 0) is 32.1 Å². The average Bonchev–Trinajstić information content (AvgIpc) is 2.34. The lowest BCUT2D eigenvalue weighted by molar-refractivity contribution is -0.385. The molecule has 0 bridgehead atoms. The zero-order valence-corrected chi connectivity index (χ0v) is 11.0. The molecule has 18 heavy (non-hydrogen) atoms. The van der Waals surface area contributed by atoms with Crippen molar-refractivity contribution in [3.05, 3.63) is 51.1 Å². The summed E-state index contributed by atoms with van der Waals surface area (Å²) in [5, 5.41) is 11.0. The number of benzene rings is 1. The van der Waals surface area contributed by atoms with Crippen LogP contribution in [0.4, 0.5) is 5.69 Å². The van der Waals surface area contributed by atoms with E-state index in [-0.39, 0.29) is 10.6 Å². The van der Waals surface area contributed by atoms with Gasteiger partial charge in [0.1, 0.15) is 0 Å². The number of nitro benzene ring substituents is 1. The highest BCUT2D eigenvalue weighted by Gasteiger charge is 2.20. The van der Waals surface area contributed by atoms with Crippen molar-refractivity contribution < 1.29 is 4.92 Å². The van der Waals surface area contributed by atoms with Gasteiger partial charge in [0.15, 0.2) is 0 Å². The molecule has 2 rings (SSSR count). The molecule has 1 unspecified atom stereocenters. The van der Waals surface area contributed by atoms with Gasteiger partial charge in [0.05, 0.1) is 4.92 Å². The fourth-order valence-electron chi connectivity index (χ4n) is 2.80. The van der Waals surface area contributed by atoms with Gasteiger partial charge >= 0.3 is 0 Å². The third-order valence-electron chi connectivity index (χ3n) is 3.90. The van der Waals surface area contributed by atoms with Crippen LogP contribution in [0.2, 0.25) is 0 Å². The second-order valence-electron chi connectivity index (χ2n) is 5.16. The summed E-state index contributed by atoms with van der Waals surface area (Å²) in [6.45, 7) is 4.40. The summed E-state index contributed by atoms with van der Waals surface area (Å²) in [4.78, 5) is 10.7. The van der Waals surface area contributed by atoms with E-state index in [0.29, 0.717) is 5.92 Å². The second kappa shape index (κ2) is 5.34. The highest BCUT2D eigenvalue weighted by molar-refractivity contribution is 5.43. The van der Waals surface area contributed by atoms with E-state index >= 15 is 0 Å². The molecule has 1 aliphatic rings. The Morgan fingerprint density at radius 3 is 2.78 bits per heavy atom. The molecule has 1 aromatic rings. The maximum Gasteiger partial charge on any atom is 0.272 e. The molecule has 0 aromatic heterocycles. The van der Waals surface area contributed by atoms with Crippen LogP contribution < -0.4 is 0 Å². The molecule has 0 saturated carbocycles. The molecule has 1 aliphatic carbocycles. The topological polar surface area (TPSA) is 43.1 Å². The molecule has 0 radical (unpaired) electrons. The van der Waals surface area contributed by atoms with Gasteiger partial charge in [-0.2, -0.15) is 0 Å². The van der Waals surface area contributed by atoms with Crippen molar-refractivity contribution in [2.45, 2.75) is 39.5 Å². The maximum absolute atomic E-state index is 11.0. The minimum atomic E-state index is -0.279. The first-order chi connectivity index (χ1) is 8.59. The predicted molar refractivity (Wildman–Crippen MR) is 72.5 cm³/mol. The zero-order valence-electron chi connectivity index (χ0n) is 11.0. The lowest BCUT2D eigenvalue weighted by atomic mass is 9.81. The Morgan fingerprint density at radius 2 is 2.11 bits per heavy atom. The van der Waals surface area contributed by atoms with Gasteiger partial charge in [0.2, 0.25) is 0 Å². The third kappa shape index (κ3) is 2.61. The summed E-state index contributed by atoms with van der Waals surface area (Å²) in [6.07, 6.45) is 4.31. The molecule has 0 saturated heterocycles. The van der Waals surface area contributed by atoms with Gasteiger partial charge in [-0.25, -0.2) is 0 Å². The summed E-state index contributed by atoms with van der Waals surface area (Å²) < 4.78 is 0. The Kier molecular flexibility index (Phi) is 3.80. The monoisotopic (exact) mass is 245 g/mol. The van der Waals surface area contributed by atoms with Crippen molar-refractivity contribution >= 4 is 5.69 Å². The van der Waals surface area contributed by atoms with Gasteiger partial charge in [0.25, 0.3) is 5.69 Å². The van der Waals surface area contributed by atoms with Gasteiger partial charge in [-0.3, -0.25) is 10.1 Å². The standard InChI is InChI=1S/C15H19NO2/c1-11-6-5-7-12(2)14(11)10-13-8-3-4-9-15(13)16(17)18/h3-4,8-9,11H,5-7,10H2,1-2H3. The van der Waals surface area contributed by atoms with Crippen LogP contribution in [0.3, 0.4) is 0 Å². The third-order valence-corrected chi connectivity index (χ3v) is 3.90. The fraction of sp³-hybridized carbons (Fsp3) is 0.467. The van der Waals surface area contributed by atoms with Crippen LogP contribution in [0, 0.1) is 16.0 Å². The van der Waals surface area contributed by atoms with E-state index in [2.05, 4.69) is 13.8 Å². The van der Waals surface area contributed by atoms with Crippen molar-refractivity contribution in [3.8, 4) is 0 Å². The summed E-state index contributed by atoms with van der Waals surface area (Å²) in [5.41, 5.74) is 3.91. The molecule has 0 spiro atoms. The number of nitro groups is 1. The smallest absolute Gasteiger partial charge is 0.258 e. The van der Waals surface area contributed by atoms with Crippen molar-refractivity contribution in [3.63, 3.8) is 0 Å². The van der Waals surface area contributed by atoms with E-state index < -0.39 is 0 Å². The zero-order chi connectivity index (χ0) is 13.1. The maximum atomic E-state index is 11.0. The molecule has 1 atom stereocenters. The number of hydrogen-bond donors (Lipinski definition) is 0. The summed E-state index contributed by atoms with van der Waals surface area (Å²) in [7, 11) is 0. The first-order valence-corrected chi connectivity index (χ1v) is 6.50. The van der Waals surface area contributed by atoms with E-state index in [1.165, 1.54) is 24.0 Å². The number of para-hydroxylation sites is 1. The first kappa shape index (κ1) is 12.8. The van der Waals surface area contributed by atoms with Crippen molar-refractivity contribution in [1.29, 1.82) is 0 Å². The number of allylic oxidation sites excluding steroid dienone is 2. The van der Waals surface area contributed by atoms with Crippen LogP contribution in [0.5, 0.6) is 0 Å². The first-order valence-electron chi connectivity index (χ1n) is 6.50. The van der Waals surface area contributed by atoms with Crippen LogP contribution in [0.1, 0.15) is 38.7 Å². The Hall–Kier alpha value is -1.64. The van der Waals surface area contributed by atoms with Crippen LogP contribution in [0.25, 0.3) is 0 Å². The number of rotatable bonds is 3. The predicted octanol–water partition coefficient (Wildman–Crippen LogP) is 4.27. The van der Waals surface area contributed by atoms with E-state index in [9.17, 15) is 10.1 Å². The van der Waals surface area contributed by atoms with Gasteiger partial charge in [-0.1, -0.05) is 36.3 Å². The molecule has 0 aliphatic heterocycles. The van der Waals surface area contributed by atoms with Crippen LogP contribution in [-0.2, 0) is 6.42 Å². The summed E-state index contributed by atoms with van der Waals surface area (Å²) in [5.74, 6) is 0.554. The quantitative estimate of drug-likeness (QED) is 0.453. The van der Waals surface area contributed by atoms with E-state index in [1.54, 1.807) is 12.1 Å². The molecule has 0 amide bonds. The minimum Gasteiger partial charge on any atom is -0.258 e. The van der Waals surface area contributed by atoms with E-state index in [4.69, 9.17) is 0 Å². The van der Waals surface area contributed by atoms with Crippen molar-refractivity contribution in [2.75, 3.05) is 0 Å². The van der Waals surface area contributed by atoms with E-state index in [1.807, 2.05) is 12.1 Å². The molecule has 3 heteroatoms. The van der Waals surface area contributed by atoms with Crippen LogP contribution in [-0.4, -0.2) is 4.92 Å². The Morgan fingerprint density at radius 1 is 1.39 bits per heavy atom. The van der Waals surface area contributed by atoms with Crippen LogP contribution in [0.15, 0.2) is 35.4 Å². The molecule has 0 fully saturated rings. The van der Waals surface area contributed by atoms with E-state index in [0.717, 1.165) is 18.4 Å².